The van der Waals surface area contributed by atoms with Crippen molar-refractivity contribution >= 4 is 11.4 Å². The van der Waals surface area contributed by atoms with Gasteiger partial charge in [0.1, 0.15) is 0 Å². The molecule has 0 spiro atoms. The lowest BCUT2D eigenvalue weighted by Crippen LogP contribution is -2.23. The third-order valence-electron chi connectivity index (χ3n) is 3.56. The van der Waals surface area contributed by atoms with Gasteiger partial charge >= 0.3 is 6.18 Å². The molecule has 0 aliphatic carbocycles. The number of alkyl halides is 3. The van der Waals surface area contributed by atoms with Crippen LogP contribution in [-0.4, -0.2) is 26.2 Å². The molecule has 3 rings (SSSR count). The van der Waals surface area contributed by atoms with E-state index < -0.39 is 11.7 Å². The Morgan fingerprint density at radius 1 is 1.12 bits per heavy atom. The van der Waals surface area contributed by atoms with Gasteiger partial charge in [0.2, 0.25) is 5.82 Å². The van der Waals surface area contributed by atoms with Gasteiger partial charge in [0.05, 0.1) is 12.1 Å². The number of halogens is 3. The Hall–Kier alpha value is -2.94. The molecule has 0 bridgehead atoms. The zero-order valence-electron chi connectivity index (χ0n) is 13.9. The third kappa shape index (κ3) is 4.17. The van der Waals surface area contributed by atoms with Crippen LogP contribution in [0.25, 0.3) is 11.4 Å². The summed E-state index contributed by atoms with van der Waals surface area (Å²) in [5, 5.41) is 15.4. The van der Waals surface area contributed by atoms with E-state index in [0.717, 1.165) is 12.1 Å². The largest absolute Gasteiger partial charge is 0.416 e. The van der Waals surface area contributed by atoms with Gasteiger partial charge in [-0.2, -0.15) is 18.0 Å². The number of aromatic nitrogens is 4. The lowest BCUT2D eigenvalue weighted by Gasteiger charge is -2.11. The van der Waals surface area contributed by atoms with E-state index in [2.05, 4.69) is 20.7 Å². The third-order valence-corrected chi connectivity index (χ3v) is 3.56. The van der Waals surface area contributed by atoms with Crippen LogP contribution in [0.5, 0.6) is 0 Å². The summed E-state index contributed by atoms with van der Waals surface area (Å²) in [5.74, 6) is 0.403. The number of para-hydroxylation sites is 1. The van der Waals surface area contributed by atoms with E-state index in [9.17, 15) is 13.2 Å². The quantitative estimate of drug-likeness (QED) is 0.727. The molecule has 1 heterocycles. The van der Waals surface area contributed by atoms with E-state index in [1.54, 1.807) is 12.1 Å². The number of nitrogens with two attached hydrogens (primary N) is 1. The second-order valence-corrected chi connectivity index (χ2v) is 5.89. The molecule has 1 aromatic heterocycles. The van der Waals surface area contributed by atoms with Crippen LogP contribution >= 0.6 is 0 Å². The molecule has 9 heteroatoms. The number of nitrogens with zero attached hydrogens (tertiary/aromatic N) is 4. The molecule has 3 N–H and O–H groups in total. The summed E-state index contributed by atoms with van der Waals surface area (Å²) in [7, 11) is 0. The van der Waals surface area contributed by atoms with Gasteiger partial charge in [-0.1, -0.05) is 12.1 Å². The fourth-order valence-electron chi connectivity index (χ4n) is 2.37. The summed E-state index contributed by atoms with van der Waals surface area (Å²) in [5.41, 5.74) is 6.89. The topological polar surface area (TPSA) is 81.7 Å². The number of rotatable bonds is 5. The Labute approximate surface area is 147 Å². The minimum Gasteiger partial charge on any atom is -0.355 e. The van der Waals surface area contributed by atoms with Crippen molar-refractivity contribution in [3.05, 3.63) is 54.1 Å². The Balaban J connectivity index is 1.84. The van der Waals surface area contributed by atoms with Gasteiger partial charge in [0, 0.05) is 23.0 Å². The molecular formula is C17H17F3N6. The molecule has 1 atom stereocenters. The average molecular weight is 362 g/mol. The highest BCUT2D eigenvalue weighted by Gasteiger charge is 2.29. The molecule has 0 radical (unpaired) electrons. The van der Waals surface area contributed by atoms with Gasteiger partial charge in [0.15, 0.2) is 0 Å². The van der Waals surface area contributed by atoms with Gasteiger partial charge < -0.3 is 11.1 Å². The van der Waals surface area contributed by atoms with Crippen LogP contribution in [0.3, 0.4) is 0 Å². The van der Waals surface area contributed by atoms with Crippen molar-refractivity contribution in [3.63, 3.8) is 0 Å². The molecule has 0 aliphatic rings. The molecule has 2 aromatic carbocycles. The molecule has 26 heavy (non-hydrogen) atoms. The van der Waals surface area contributed by atoms with Crippen molar-refractivity contribution < 1.29 is 13.2 Å². The summed E-state index contributed by atoms with van der Waals surface area (Å²) in [6, 6.07) is 11.9. The molecule has 0 saturated heterocycles. The van der Waals surface area contributed by atoms with Crippen molar-refractivity contribution in [2.24, 2.45) is 5.73 Å². The molecule has 0 amide bonds. The zero-order valence-corrected chi connectivity index (χ0v) is 13.9. The van der Waals surface area contributed by atoms with E-state index >= 15 is 0 Å². The number of hydrogen-bond donors (Lipinski definition) is 2. The first-order valence-corrected chi connectivity index (χ1v) is 7.90. The molecule has 0 aliphatic heterocycles. The Kier molecular flexibility index (Phi) is 4.90. The highest BCUT2D eigenvalue weighted by Crippen LogP contribution is 2.32. The Bertz CT molecular complexity index is 871. The Morgan fingerprint density at radius 3 is 2.46 bits per heavy atom. The molecule has 3 aromatic rings. The van der Waals surface area contributed by atoms with Crippen LogP contribution in [-0.2, 0) is 12.7 Å². The van der Waals surface area contributed by atoms with Gasteiger partial charge in [-0.25, -0.2) is 0 Å². The standard InChI is InChI=1S/C17H17F3N6/c1-11(21)10-26-24-16(23-25-26)14-4-2-3-5-15(14)22-13-8-6-12(7-9-13)17(18,19)20/h2-9,11,22H,10,21H2,1H3. The average Bonchev–Trinajstić information content (AvgIpc) is 3.02. The van der Waals surface area contributed by atoms with Gasteiger partial charge in [0.25, 0.3) is 0 Å². The van der Waals surface area contributed by atoms with Crippen molar-refractivity contribution in [2.75, 3.05) is 5.32 Å². The summed E-state index contributed by atoms with van der Waals surface area (Å²) < 4.78 is 38.0. The molecule has 1 unspecified atom stereocenters. The highest BCUT2D eigenvalue weighted by molar-refractivity contribution is 5.77. The van der Waals surface area contributed by atoms with Crippen LogP contribution in [0.4, 0.5) is 24.5 Å². The number of tetrazole rings is 1. The summed E-state index contributed by atoms with van der Waals surface area (Å²) in [6.07, 6.45) is -4.36. The first-order chi connectivity index (χ1) is 12.3. The zero-order chi connectivity index (χ0) is 18.7. The first-order valence-electron chi connectivity index (χ1n) is 7.90. The maximum atomic E-state index is 12.7. The molecule has 0 fully saturated rings. The normalized spacial score (nSPS) is 12.8. The molecular weight excluding hydrogens is 345 g/mol. The van der Waals surface area contributed by atoms with Crippen LogP contribution in [0, 0.1) is 0 Å². The van der Waals surface area contributed by atoms with Crippen LogP contribution < -0.4 is 11.1 Å². The predicted molar refractivity (Wildman–Crippen MR) is 91.6 cm³/mol. The molecule has 6 nitrogen and oxygen atoms in total. The van der Waals surface area contributed by atoms with E-state index in [-0.39, 0.29) is 6.04 Å². The smallest absolute Gasteiger partial charge is 0.355 e. The summed E-state index contributed by atoms with van der Waals surface area (Å²) in [6.45, 7) is 2.27. The second-order valence-electron chi connectivity index (χ2n) is 5.89. The van der Waals surface area contributed by atoms with E-state index in [1.165, 1.54) is 16.9 Å². The first kappa shape index (κ1) is 17.9. The number of benzene rings is 2. The molecule has 0 saturated carbocycles. The van der Waals surface area contributed by atoms with Gasteiger partial charge in [-0.3, -0.25) is 0 Å². The van der Waals surface area contributed by atoms with Crippen LogP contribution in [0.1, 0.15) is 12.5 Å². The number of hydrogen-bond acceptors (Lipinski definition) is 5. The van der Waals surface area contributed by atoms with Gasteiger partial charge in [-0.05, 0) is 48.5 Å². The minimum atomic E-state index is -4.36. The second kappa shape index (κ2) is 7.12. The summed E-state index contributed by atoms with van der Waals surface area (Å²) in [4.78, 5) is 1.41. The van der Waals surface area contributed by atoms with Crippen LogP contribution in [0.2, 0.25) is 0 Å². The van der Waals surface area contributed by atoms with Crippen molar-refractivity contribution in [3.8, 4) is 11.4 Å². The van der Waals surface area contributed by atoms with Crippen molar-refractivity contribution in [1.29, 1.82) is 0 Å². The fourth-order valence-corrected chi connectivity index (χ4v) is 2.37. The van der Waals surface area contributed by atoms with Gasteiger partial charge in [-0.15, -0.1) is 10.2 Å². The van der Waals surface area contributed by atoms with Crippen molar-refractivity contribution in [2.45, 2.75) is 25.7 Å². The number of anilines is 2. The molecule has 136 valence electrons. The van der Waals surface area contributed by atoms with Crippen molar-refractivity contribution in [1.82, 2.24) is 20.2 Å². The van der Waals surface area contributed by atoms with Crippen LogP contribution in [0.15, 0.2) is 48.5 Å². The lowest BCUT2D eigenvalue weighted by molar-refractivity contribution is -0.137. The minimum absolute atomic E-state index is 0.113. The van der Waals surface area contributed by atoms with E-state index in [1.807, 2.05) is 19.1 Å². The number of nitrogens with one attached hydrogen (secondary N) is 1. The SMILES string of the molecule is CC(N)Cn1nnc(-c2ccccc2Nc2ccc(C(F)(F)F)cc2)n1. The maximum Gasteiger partial charge on any atom is 0.416 e. The lowest BCUT2D eigenvalue weighted by atomic mass is 10.1. The predicted octanol–water partition coefficient (Wildman–Crippen LogP) is 3.45. The summed E-state index contributed by atoms with van der Waals surface area (Å²) >= 11 is 0. The monoisotopic (exact) mass is 362 g/mol. The Morgan fingerprint density at radius 2 is 1.81 bits per heavy atom. The maximum absolute atomic E-state index is 12.7. The van der Waals surface area contributed by atoms with E-state index in [0.29, 0.717) is 29.3 Å². The fraction of sp³-hybridized carbons (Fsp3) is 0.235. The highest BCUT2D eigenvalue weighted by atomic mass is 19.4. The van der Waals surface area contributed by atoms with E-state index in [4.69, 9.17) is 5.73 Å².